The normalized spacial score (nSPS) is 17.4. The molecule has 1 aliphatic heterocycles. The lowest BCUT2D eigenvalue weighted by molar-refractivity contribution is -0.105. The Morgan fingerprint density at radius 3 is 2.38 bits per heavy atom. The van der Waals surface area contributed by atoms with Crippen LogP contribution >= 0.6 is 0 Å². The van der Waals surface area contributed by atoms with E-state index in [0.29, 0.717) is 0 Å². The summed E-state index contributed by atoms with van der Waals surface area (Å²) in [6.45, 7) is 9.86. The lowest BCUT2D eigenvalue weighted by Gasteiger charge is -2.29. The highest BCUT2D eigenvalue weighted by Crippen LogP contribution is 2.27. The molecule has 2 aromatic carbocycles. The molecule has 1 heterocycles. The predicted molar refractivity (Wildman–Crippen MR) is 136 cm³/mol. The Labute approximate surface area is 195 Å². The van der Waals surface area contributed by atoms with Crippen molar-refractivity contribution in [2.75, 3.05) is 6.61 Å². The largest absolute Gasteiger partial charge is 0.465 e. The van der Waals surface area contributed by atoms with Gasteiger partial charge in [0.15, 0.2) is 6.29 Å². The highest BCUT2D eigenvalue weighted by Gasteiger charge is 2.30. The average Bonchev–Trinajstić information content (AvgIpc) is 2.82. The number of ether oxygens (including phenoxy) is 2. The third kappa shape index (κ3) is 5.71. The van der Waals surface area contributed by atoms with Crippen molar-refractivity contribution in [3.63, 3.8) is 0 Å². The van der Waals surface area contributed by atoms with E-state index in [2.05, 4.69) is 75.5 Å². The first kappa shape index (κ1) is 24.3. The smallest absolute Gasteiger partial charge is 0.199 e. The number of benzene rings is 2. The van der Waals surface area contributed by atoms with Gasteiger partial charge in [-0.3, -0.25) is 0 Å². The Morgan fingerprint density at radius 1 is 1.03 bits per heavy atom. The molecule has 0 N–H and O–H groups in total. The van der Waals surface area contributed by atoms with Crippen LogP contribution in [-0.2, 0) is 4.74 Å². The maximum Gasteiger partial charge on any atom is 0.199 e. The van der Waals surface area contributed by atoms with E-state index >= 15 is 0 Å². The van der Waals surface area contributed by atoms with Gasteiger partial charge < -0.3 is 9.47 Å². The van der Waals surface area contributed by atoms with Crippen molar-refractivity contribution in [3.8, 4) is 11.8 Å². The minimum absolute atomic E-state index is 0.137. The summed E-state index contributed by atoms with van der Waals surface area (Å²) in [6, 6.07) is 19.9. The van der Waals surface area contributed by atoms with E-state index in [4.69, 9.17) is 9.47 Å². The monoisotopic (exact) mass is 447 g/mol. The van der Waals surface area contributed by atoms with Crippen LogP contribution in [0.25, 0.3) is 5.57 Å². The minimum atomic E-state index is -1.97. The Bertz CT molecular complexity index is 950. The fourth-order valence-electron chi connectivity index (χ4n) is 4.52. The molecule has 0 aliphatic carbocycles. The third-order valence-electron chi connectivity index (χ3n) is 6.41. The number of hydrogen-bond donors (Lipinski definition) is 0. The quantitative estimate of drug-likeness (QED) is 0.335. The van der Waals surface area contributed by atoms with Crippen LogP contribution in [0.1, 0.15) is 64.4 Å². The summed E-state index contributed by atoms with van der Waals surface area (Å²) in [7, 11) is -1.97. The lowest BCUT2D eigenvalue weighted by atomic mass is 9.94. The van der Waals surface area contributed by atoms with Gasteiger partial charge in [-0.2, -0.15) is 5.26 Å². The molecule has 0 bridgehead atoms. The fourth-order valence-corrected chi connectivity index (χ4v) is 7.10. The molecule has 3 rings (SSSR count). The number of nitriles is 1. The Morgan fingerprint density at radius 2 is 1.75 bits per heavy atom. The van der Waals surface area contributed by atoms with Crippen molar-refractivity contribution in [2.24, 2.45) is 0 Å². The first-order valence-electron chi connectivity index (χ1n) is 12.1. The van der Waals surface area contributed by atoms with Crippen LogP contribution in [0, 0.1) is 11.3 Å². The van der Waals surface area contributed by atoms with Crippen LogP contribution < -0.4 is 15.1 Å². The Kier molecular flexibility index (Phi) is 8.73. The van der Waals surface area contributed by atoms with Crippen molar-refractivity contribution in [1.29, 1.82) is 5.26 Å². The maximum atomic E-state index is 9.69. The van der Waals surface area contributed by atoms with Crippen molar-refractivity contribution < 1.29 is 9.47 Å². The summed E-state index contributed by atoms with van der Waals surface area (Å²) >= 11 is 0. The number of nitrogens with zero attached hydrogens (tertiary/aromatic N) is 1. The van der Waals surface area contributed by atoms with E-state index in [1.807, 2.05) is 6.07 Å². The molecule has 4 heteroatoms. The average molecular weight is 448 g/mol. The van der Waals surface area contributed by atoms with E-state index in [9.17, 15) is 5.26 Å². The van der Waals surface area contributed by atoms with Gasteiger partial charge >= 0.3 is 0 Å². The van der Waals surface area contributed by atoms with Crippen LogP contribution in [0.15, 0.2) is 54.1 Å². The van der Waals surface area contributed by atoms with Crippen molar-refractivity contribution in [2.45, 2.75) is 78.2 Å². The van der Waals surface area contributed by atoms with Crippen LogP contribution in [0.4, 0.5) is 0 Å². The molecular formula is C28H37NO2Si. The number of rotatable bonds is 9. The van der Waals surface area contributed by atoms with Crippen LogP contribution in [-0.4, -0.2) is 21.0 Å². The third-order valence-corrected chi connectivity index (χ3v) is 9.95. The van der Waals surface area contributed by atoms with Gasteiger partial charge in [-0.25, -0.2) is 0 Å². The highest BCUT2D eigenvalue weighted by molar-refractivity contribution is 7.00. The summed E-state index contributed by atoms with van der Waals surface area (Å²) < 4.78 is 12.2. The van der Waals surface area contributed by atoms with Crippen LogP contribution in [0.5, 0.6) is 5.75 Å². The second kappa shape index (κ2) is 11.5. The summed E-state index contributed by atoms with van der Waals surface area (Å²) in [5, 5.41) is 12.4. The zero-order valence-corrected chi connectivity index (χ0v) is 21.1. The Balaban J connectivity index is 1.91. The molecule has 32 heavy (non-hydrogen) atoms. The number of para-hydroxylation sites is 1. The van der Waals surface area contributed by atoms with E-state index in [0.717, 1.165) is 62.9 Å². The molecule has 3 nitrogen and oxygen atoms in total. The topological polar surface area (TPSA) is 42.2 Å². The van der Waals surface area contributed by atoms with Gasteiger partial charge in [0.1, 0.15) is 13.8 Å². The van der Waals surface area contributed by atoms with Crippen LogP contribution in [0.2, 0.25) is 13.1 Å². The molecule has 170 valence electrons. The zero-order valence-electron chi connectivity index (χ0n) is 20.1. The molecule has 1 atom stereocenters. The summed E-state index contributed by atoms with van der Waals surface area (Å²) in [6.07, 6.45) is 6.93. The zero-order chi connectivity index (χ0) is 23.0. The molecule has 1 fully saturated rings. The predicted octanol–water partition coefficient (Wildman–Crippen LogP) is 6.29. The van der Waals surface area contributed by atoms with E-state index < -0.39 is 8.07 Å². The lowest BCUT2D eigenvalue weighted by Crippen LogP contribution is -2.53. The maximum absolute atomic E-state index is 9.69. The molecular weight excluding hydrogens is 410 g/mol. The van der Waals surface area contributed by atoms with E-state index in [1.165, 1.54) is 21.5 Å². The molecule has 0 radical (unpaired) electrons. The molecule has 1 aliphatic rings. The molecule has 0 amide bonds. The van der Waals surface area contributed by atoms with Gasteiger partial charge in [0.25, 0.3) is 0 Å². The second-order valence-corrected chi connectivity index (χ2v) is 13.5. The van der Waals surface area contributed by atoms with E-state index in [-0.39, 0.29) is 6.29 Å². The molecule has 0 spiro atoms. The summed E-state index contributed by atoms with van der Waals surface area (Å²) in [5.74, 6) is 0.960. The molecule has 2 aromatic rings. The van der Waals surface area contributed by atoms with Crippen LogP contribution in [0.3, 0.4) is 0 Å². The van der Waals surface area contributed by atoms with Gasteiger partial charge in [0.05, 0.1) is 12.7 Å². The van der Waals surface area contributed by atoms with E-state index in [1.54, 1.807) is 0 Å². The van der Waals surface area contributed by atoms with Gasteiger partial charge in [0.2, 0.25) is 0 Å². The van der Waals surface area contributed by atoms with Gasteiger partial charge in [-0.15, -0.1) is 0 Å². The summed E-state index contributed by atoms with van der Waals surface area (Å²) in [5.41, 5.74) is 3.33. The SMILES string of the molecule is CCC/C(C#N)=C(\CCC)c1ccc([Si](C)(C)c2ccccc2OC2CCCCO2)cc1. The number of hydrogen-bond acceptors (Lipinski definition) is 3. The van der Waals surface area contributed by atoms with Crippen molar-refractivity contribution >= 4 is 24.0 Å². The first-order chi connectivity index (χ1) is 15.5. The second-order valence-electron chi connectivity index (χ2n) is 9.18. The minimum Gasteiger partial charge on any atom is -0.465 e. The van der Waals surface area contributed by atoms with Gasteiger partial charge in [-0.1, -0.05) is 87.4 Å². The van der Waals surface area contributed by atoms with Crippen molar-refractivity contribution in [3.05, 3.63) is 59.7 Å². The molecule has 0 aromatic heterocycles. The van der Waals surface area contributed by atoms with Gasteiger partial charge in [-0.05, 0) is 48.1 Å². The summed E-state index contributed by atoms with van der Waals surface area (Å²) in [4.78, 5) is 0. The van der Waals surface area contributed by atoms with Crippen molar-refractivity contribution in [1.82, 2.24) is 0 Å². The molecule has 1 saturated heterocycles. The Hall–Kier alpha value is -2.35. The fraction of sp³-hybridized carbons (Fsp3) is 0.464. The standard InChI is InChI=1S/C28H37NO2Si/c1-5-11-23(21-29)25(12-6-2)22-16-18-24(19-17-22)32(3,4)27-14-8-7-13-26(27)31-28-15-9-10-20-30-28/h7-8,13-14,16-19,28H,5-6,9-12,15,20H2,1-4H3/b25-23-. The molecule has 1 unspecified atom stereocenters. The molecule has 0 saturated carbocycles. The van der Waals surface area contributed by atoms with Gasteiger partial charge in [0, 0.05) is 12.0 Å². The number of allylic oxidation sites excluding steroid dienone is 2. The highest BCUT2D eigenvalue weighted by atomic mass is 28.3. The first-order valence-corrected chi connectivity index (χ1v) is 15.1.